The zero-order chi connectivity index (χ0) is 14.0. The quantitative estimate of drug-likeness (QED) is 0.408. The lowest BCUT2D eigenvalue weighted by atomic mass is 9.85. The van der Waals surface area contributed by atoms with Gasteiger partial charge in [0.05, 0.1) is 12.5 Å². The molecule has 1 atom stereocenters. The van der Waals surface area contributed by atoms with Crippen molar-refractivity contribution < 1.29 is 9.53 Å². The Bertz CT molecular complexity index is 221. The van der Waals surface area contributed by atoms with E-state index in [1.165, 1.54) is 45.6 Å². The van der Waals surface area contributed by atoms with E-state index < -0.39 is 0 Å². The van der Waals surface area contributed by atoms with E-state index in [-0.39, 0.29) is 11.4 Å². The summed E-state index contributed by atoms with van der Waals surface area (Å²) in [4.78, 5) is 11.5. The minimum absolute atomic E-state index is 0.0851. The lowest BCUT2D eigenvalue weighted by Gasteiger charge is -2.22. The topological polar surface area (TPSA) is 26.3 Å². The number of carbonyl (C=O) groups excluding carboxylic acids is 1. The fraction of sp³-hybridized carbons (Fsp3) is 0.938. The van der Waals surface area contributed by atoms with E-state index in [2.05, 4.69) is 13.8 Å². The Morgan fingerprint density at radius 1 is 1.11 bits per heavy atom. The number of hydrogen-bond acceptors (Lipinski definition) is 2. The Balaban J connectivity index is 3.67. The third-order valence-electron chi connectivity index (χ3n) is 3.79. The summed E-state index contributed by atoms with van der Waals surface area (Å²) < 4.78 is 4.83. The number of ether oxygens (including phenoxy) is 1. The molecule has 1 unspecified atom stereocenters. The second kappa shape index (κ2) is 9.41. The van der Waals surface area contributed by atoms with Crippen molar-refractivity contribution in [3.63, 3.8) is 0 Å². The Hall–Kier alpha value is -0.530. The van der Waals surface area contributed by atoms with Gasteiger partial charge in [0.25, 0.3) is 0 Å². The predicted molar refractivity (Wildman–Crippen MR) is 77.6 cm³/mol. The molecule has 2 nitrogen and oxygen atoms in total. The highest BCUT2D eigenvalue weighted by atomic mass is 16.5. The first-order valence-corrected chi connectivity index (χ1v) is 7.52. The van der Waals surface area contributed by atoms with Gasteiger partial charge < -0.3 is 4.74 Å². The van der Waals surface area contributed by atoms with E-state index in [9.17, 15) is 4.79 Å². The summed E-state index contributed by atoms with van der Waals surface area (Å²) in [5.41, 5.74) is -0.323. The second-order valence-corrected chi connectivity index (χ2v) is 6.22. The number of hydrogen-bond donors (Lipinski definition) is 0. The van der Waals surface area contributed by atoms with Crippen molar-refractivity contribution in [1.82, 2.24) is 0 Å². The third-order valence-corrected chi connectivity index (χ3v) is 3.79. The molecule has 0 rings (SSSR count). The zero-order valence-corrected chi connectivity index (χ0v) is 13.1. The van der Waals surface area contributed by atoms with Crippen LogP contribution in [0.3, 0.4) is 0 Å². The molecule has 0 fully saturated rings. The van der Waals surface area contributed by atoms with Gasteiger partial charge in [0.1, 0.15) is 0 Å². The molecule has 0 heterocycles. The molecule has 0 saturated heterocycles. The molecule has 0 radical (unpaired) electrons. The minimum Gasteiger partial charge on any atom is -0.469 e. The van der Waals surface area contributed by atoms with Crippen molar-refractivity contribution in [3.8, 4) is 0 Å². The Morgan fingerprint density at radius 3 is 2.28 bits per heavy atom. The molecule has 0 aromatic rings. The van der Waals surface area contributed by atoms with Crippen LogP contribution >= 0.6 is 0 Å². The molecule has 0 bridgehead atoms. The summed E-state index contributed by atoms with van der Waals surface area (Å²) >= 11 is 0. The van der Waals surface area contributed by atoms with Crippen LogP contribution in [0.1, 0.15) is 79.1 Å². The maximum absolute atomic E-state index is 11.5. The summed E-state index contributed by atoms with van der Waals surface area (Å²) in [5, 5.41) is 0. The number of rotatable bonds is 10. The van der Waals surface area contributed by atoms with Gasteiger partial charge in [-0.1, -0.05) is 58.8 Å². The molecule has 0 aliphatic rings. The van der Waals surface area contributed by atoms with Gasteiger partial charge in [0.15, 0.2) is 0 Å². The van der Waals surface area contributed by atoms with Crippen LogP contribution in [0.2, 0.25) is 0 Å². The van der Waals surface area contributed by atoms with Crippen LogP contribution < -0.4 is 0 Å². The van der Waals surface area contributed by atoms with Gasteiger partial charge in [0, 0.05) is 0 Å². The first-order valence-electron chi connectivity index (χ1n) is 7.52. The molecule has 0 saturated carbocycles. The number of esters is 1. The maximum Gasteiger partial charge on any atom is 0.311 e. The van der Waals surface area contributed by atoms with Crippen molar-refractivity contribution >= 4 is 5.97 Å². The monoisotopic (exact) mass is 256 g/mol. The second-order valence-electron chi connectivity index (χ2n) is 6.22. The van der Waals surface area contributed by atoms with Crippen LogP contribution in [0.25, 0.3) is 0 Å². The molecule has 18 heavy (non-hydrogen) atoms. The zero-order valence-electron chi connectivity index (χ0n) is 13.1. The number of carbonyl (C=O) groups is 1. The van der Waals surface area contributed by atoms with Crippen molar-refractivity contribution in [2.24, 2.45) is 11.3 Å². The van der Waals surface area contributed by atoms with Crippen molar-refractivity contribution in [3.05, 3.63) is 0 Å². The average Bonchev–Trinajstić information content (AvgIpc) is 2.33. The SMILES string of the molecule is CCCCCCC(C)CCCC(C)(C)C(=O)OC. The lowest BCUT2D eigenvalue weighted by molar-refractivity contribution is -0.151. The Morgan fingerprint density at radius 2 is 1.72 bits per heavy atom. The molecule has 0 amide bonds. The molecule has 0 N–H and O–H groups in total. The van der Waals surface area contributed by atoms with Crippen LogP contribution in [0, 0.1) is 11.3 Å². The van der Waals surface area contributed by atoms with Crippen LogP contribution in [0.4, 0.5) is 0 Å². The first kappa shape index (κ1) is 17.5. The van der Waals surface area contributed by atoms with Crippen LogP contribution in [-0.2, 0) is 9.53 Å². The van der Waals surface area contributed by atoms with Crippen LogP contribution in [0.5, 0.6) is 0 Å². The summed E-state index contributed by atoms with van der Waals surface area (Å²) in [6, 6.07) is 0. The molecule has 0 aliphatic heterocycles. The van der Waals surface area contributed by atoms with Gasteiger partial charge in [-0.05, 0) is 26.2 Å². The van der Waals surface area contributed by atoms with Crippen LogP contribution in [0.15, 0.2) is 0 Å². The Kier molecular flexibility index (Phi) is 9.13. The van der Waals surface area contributed by atoms with Gasteiger partial charge in [-0.3, -0.25) is 4.79 Å². The van der Waals surface area contributed by atoms with E-state index in [0.29, 0.717) is 0 Å². The van der Waals surface area contributed by atoms with Crippen molar-refractivity contribution in [2.75, 3.05) is 7.11 Å². The van der Waals surface area contributed by atoms with E-state index >= 15 is 0 Å². The third kappa shape index (κ3) is 7.73. The summed E-state index contributed by atoms with van der Waals surface area (Å²) in [5.74, 6) is 0.702. The summed E-state index contributed by atoms with van der Waals surface area (Å²) in [7, 11) is 1.47. The average molecular weight is 256 g/mol. The van der Waals surface area contributed by atoms with Crippen LogP contribution in [-0.4, -0.2) is 13.1 Å². The maximum atomic E-state index is 11.5. The molecule has 0 aliphatic carbocycles. The molecule has 2 heteroatoms. The minimum atomic E-state index is -0.323. The highest BCUT2D eigenvalue weighted by molar-refractivity contribution is 5.75. The highest BCUT2D eigenvalue weighted by Crippen LogP contribution is 2.27. The first-order chi connectivity index (χ1) is 8.44. The molecule has 108 valence electrons. The molecule has 0 aromatic carbocycles. The van der Waals surface area contributed by atoms with Gasteiger partial charge in [-0.15, -0.1) is 0 Å². The molecule has 0 aromatic heterocycles. The van der Waals surface area contributed by atoms with E-state index in [1.807, 2.05) is 13.8 Å². The fourth-order valence-corrected chi connectivity index (χ4v) is 2.33. The summed E-state index contributed by atoms with van der Waals surface area (Å²) in [6.45, 7) is 8.53. The standard InChI is InChI=1S/C16H32O2/c1-6-7-8-9-11-14(2)12-10-13-16(3,4)15(17)18-5/h14H,6-13H2,1-5H3. The van der Waals surface area contributed by atoms with Gasteiger partial charge in [-0.2, -0.15) is 0 Å². The predicted octanol–water partition coefficient (Wildman–Crippen LogP) is 4.96. The van der Waals surface area contributed by atoms with Gasteiger partial charge in [0.2, 0.25) is 0 Å². The number of unbranched alkanes of at least 4 members (excludes halogenated alkanes) is 3. The van der Waals surface area contributed by atoms with E-state index in [1.54, 1.807) is 0 Å². The molecule has 0 spiro atoms. The van der Waals surface area contributed by atoms with Crippen molar-refractivity contribution in [1.29, 1.82) is 0 Å². The number of methoxy groups -OCH3 is 1. The highest BCUT2D eigenvalue weighted by Gasteiger charge is 2.27. The fourth-order valence-electron chi connectivity index (χ4n) is 2.33. The Labute approximate surface area is 113 Å². The van der Waals surface area contributed by atoms with Gasteiger partial charge >= 0.3 is 5.97 Å². The normalized spacial score (nSPS) is 13.4. The smallest absolute Gasteiger partial charge is 0.311 e. The van der Waals surface area contributed by atoms with E-state index in [0.717, 1.165) is 18.8 Å². The summed E-state index contributed by atoms with van der Waals surface area (Å²) in [6.07, 6.45) is 10.0. The van der Waals surface area contributed by atoms with Crippen molar-refractivity contribution in [2.45, 2.75) is 79.1 Å². The molecular formula is C16H32O2. The van der Waals surface area contributed by atoms with E-state index in [4.69, 9.17) is 4.74 Å². The largest absolute Gasteiger partial charge is 0.469 e. The van der Waals surface area contributed by atoms with Gasteiger partial charge in [-0.25, -0.2) is 0 Å². The molecular weight excluding hydrogens is 224 g/mol. The lowest BCUT2D eigenvalue weighted by Crippen LogP contribution is -2.25.